The summed E-state index contributed by atoms with van der Waals surface area (Å²) >= 11 is 1.72. The number of rotatable bonds is 4. The molecule has 0 spiro atoms. The van der Waals surface area contributed by atoms with Gasteiger partial charge in [0.15, 0.2) is 0 Å². The van der Waals surface area contributed by atoms with Crippen LogP contribution in [-0.2, 0) is 4.79 Å². The van der Waals surface area contributed by atoms with Crippen molar-refractivity contribution >= 4 is 23.8 Å². The lowest BCUT2D eigenvalue weighted by molar-refractivity contribution is -0.138. The summed E-state index contributed by atoms with van der Waals surface area (Å²) in [5.41, 5.74) is 0. The van der Waals surface area contributed by atoms with Crippen LogP contribution >= 0.6 is 11.8 Å². The van der Waals surface area contributed by atoms with Crippen molar-refractivity contribution in [3.63, 3.8) is 0 Å². The number of carboxylic acids is 1. The number of carbonyl (C=O) groups excluding carboxylic acids is 1. The van der Waals surface area contributed by atoms with E-state index >= 15 is 0 Å². The third-order valence-electron chi connectivity index (χ3n) is 3.09. The molecule has 0 aromatic heterocycles. The maximum Gasteiger partial charge on any atom is 0.320 e. The summed E-state index contributed by atoms with van der Waals surface area (Å²) in [6, 6.07) is -0.0665. The van der Waals surface area contributed by atoms with Gasteiger partial charge < -0.3 is 14.9 Å². The van der Waals surface area contributed by atoms with E-state index in [-0.39, 0.29) is 24.5 Å². The highest BCUT2D eigenvalue weighted by atomic mass is 32.2. The van der Waals surface area contributed by atoms with Gasteiger partial charge in [-0.05, 0) is 20.8 Å². The fourth-order valence-corrected chi connectivity index (χ4v) is 3.23. The second kappa shape index (κ2) is 6.87. The predicted molar refractivity (Wildman–Crippen MR) is 73.0 cm³/mol. The van der Waals surface area contributed by atoms with Gasteiger partial charge in [-0.1, -0.05) is 0 Å². The van der Waals surface area contributed by atoms with Crippen molar-refractivity contribution in [2.75, 3.05) is 24.6 Å². The molecule has 1 N–H and O–H groups in total. The van der Waals surface area contributed by atoms with E-state index in [2.05, 4.69) is 0 Å². The second-order valence-electron chi connectivity index (χ2n) is 4.68. The van der Waals surface area contributed by atoms with Crippen LogP contribution in [0, 0.1) is 0 Å². The molecule has 1 fully saturated rings. The van der Waals surface area contributed by atoms with Gasteiger partial charge in [0.1, 0.15) is 0 Å². The van der Waals surface area contributed by atoms with Crippen LogP contribution in [0.2, 0.25) is 0 Å². The number of carbonyl (C=O) groups is 2. The zero-order chi connectivity index (χ0) is 13.7. The van der Waals surface area contributed by atoms with Gasteiger partial charge in [0.25, 0.3) is 0 Å². The number of hydrogen-bond donors (Lipinski definition) is 1. The van der Waals surface area contributed by atoms with E-state index in [4.69, 9.17) is 5.11 Å². The van der Waals surface area contributed by atoms with Gasteiger partial charge in [0.05, 0.1) is 12.5 Å². The molecule has 0 radical (unpaired) electrons. The van der Waals surface area contributed by atoms with E-state index in [1.165, 1.54) is 0 Å². The number of thioether (sulfide) groups is 1. The molecule has 0 aliphatic carbocycles. The Balaban J connectivity index is 2.75. The topological polar surface area (TPSA) is 60.9 Å². The third kappa shape index (κ3) is 3.80. The zero-order valence-electron chi connectivity index (χ0n) is 11.3. The highest BCUT2D eigenvalue weighted by Crippen LogP contribution is 2.21. The van der Waals surface area contributed by atoms with Crippen molar-refractivity contribution in [1.82, 2.24) is 9.80 Å². The molecule has 1 saturated heterocycles. The minimum Gasteiger partial charge on any atom is -0.481 e. The first-order valence-electron chi connectivity index (χ1n) is 6.34. The van der Waals surface area contributed by atoms with Gasteiger partial charge in [-0.25, -0.2) is 4.79 Å². The lowest BCUT2D eigenvalue weighted by Gasteiger charge is -2.39. The minimum absolute atomic E-state index is 0.0287. The average molecular weight is 274 g/mol. The fourth-order valence-electron chi connectivity index (χ4n) is 2.16. The first kappa shape index (κ1) is 15.1. The second-order valence-corrected chi connectivity index (χ2v) is 5.83. The molecule has 1 heterocycles. The minimum atomic E-state index is -0.840. The van der Waals surface area contributed by atoms with E-state index in [1.54, 1.807) is 21.6 Å². The zero-order valence-corrected chi connectivity index (χ0v) is 12.1. The van der Waals surface area contributed by atoms with Gasteiger partial charge in [-0.15, -0.1) is 0 Å². The molecule has 1 rings (SSSR count). The van der Waals surface area contributed by atoms with Gasteiger partial charge >= 0.3 is 12.0 Å². The van der Waals surface area contributed by atoms with Gasteiger partial charge in [0.2, 0.25) is 0 Å². The number of aliphatic carboxylic acids is 1. The first-order chi connectivity index (χ1) is 8.47. The van der Waals surface area contributed by atoms with Crippen LogP contribution in [0.5, 0.6) is 0 Å². The molecule has 5 nitrogen and oxygen atoms in total. The maximum atomic E-state index is 12.4. The molecule has 0 saturated carbocycles. The van der Waals surface area contributed by atoms with Gasteiger partial charge in [-0.2, -0.15) is 11.8 Å². The maximum absolute atomic E-state index is 12.4. The number of amides is 2. The van der Waals surface area contributed by atoms with Gasteiger partial charge in [0, 0.05) is 30.6 Å². The molecule has 2 amide bonds. The van der Waals surface area contributed by atoms with Crippen molar-refractivity contribution in [3.8, 4) is 0 Å². The Kier molecular flexibility index (Phi) is 5.78. The Morgan fingerprint density at radius 1 is 1.50 bits per heavy atom. The van der Waals surface area contributed by atoms with E-state index < -0.39 is 5.97 Å². The molecule has 1 aliphatic heterocycles. The van der Waals surface area contributed by atoms with Crippen LogP contribution in [0.25, 0.3) is 0 Å². The van der Waals surface area contributed by atoms with Crippen LogP contribution in [0.1, 0.15) is 27.2 Å². The number of carboxylic acid groups (broad SMARTS) is 1. The number of urea groups is 1. The summed E-state index contributed by atoms with van der Waals surface area (Å²) in [6.45, 7) is 7.20. The molecule has 1 atom stereocenters. The molecular weight excluding hydrogens is 252 g/mol. The Bertz CT molecular complexity index is 310. The lowest BCUT2D eigenvalue weighted by atomic mass is 10.2. The van der Waals surface area contributed by atoms with E-state index in [0.717, 1.165) is 5.75 Å². The summed E-state index contributed by atoms with van der Waals surface area (Å²) in [4.78, 5) is 26.8. The highest BCUT2D eigenvalue weighted by molar-refractivity contribution is 7.99. The van der Waals surface area contributed by atoms with Crippen LogP contribution in [0.3, 0.4) is 0 Å². The van der Waals surface area contributed by atoms with E-state index in [0.29, 0.717) is 18.8 Å². The van der Waals surface area contributed by atoms with Crippen molar-refractivity contribution < 1.29 is 14.7 Å². The molecular formula is C12H22N2O3S. The van der Waals surface area contributed by atoms with Crippen molar-refractivity contribution in [3.05, 3.63) is 0 Å². The highest BCUT2D eigenvalue weighted by Gasteiger charge is 2.31. The van der Waals surface area contributed by atoms with Gasteiger partial charge in [-0.3, -0.25) is 4.79 Å². The molecule has 104 valence electrons. The first-order valence-corrected chi connectivity index (χ1v) is 7.49. The Morgan fingerprint density at radius 2 is 2.17 bits per heavy atom. The van der Waals surface area contributed by atoms with Crippen LogP contribution < -0.4 is 0 Å². The summed E-state index contributed by atoms with van der Waals surface area (Å²) < 4.78 is 0. The quantitative estimate of drug-likeness (QED) is 0.848. The predicted octanol–water partition coefficient (Wildman–Crippen LogP) is 1.73. The van der Waals surface area contributed by atoms with E-state index in [9.17, 15) is 9.59 Å². The van der Waals surface area contributed by atoms with Crippen LogP contribution in [-0.4, -0.2) is 63.6 Å². The van der Waals surface area contributed by atoms with Crippen molar-refractivity contribution in [2.45, 2.75) is 39.3 Å². The summed E-state index contributed by atoms with van der Waals surface area (Å²) in [7, 11) is 0. The largest absolute Gasteiger partial charge is 0.481 e. The number of nitrogens with zero attached hydrogens (tertiary/aromatic N) is 2. The molecule has 1 unspecified atom stereocenters. The molecule has 6 heteroatoms. The summed E-state index contributed by atoms with van der Waals surface area (Å²) in [5, 5.41) is 8.91. The number of hydrogen-bond acceptors (Lipinski definition) is 3. The van der Waals surface area contributed by atoms with Crippen LogP contribution in [0.4, 0.5) is 4.79 Å². The molecule has 18 heavy (non-hydrogen) atoms. The van der Waals surface area contributed by atoms with Crippen LogP contribution in [0.15, 0.2) is 0 Å². The molecule has 0 bridgehead atoms. The fraction of sp³-hybridized carbons (Fsp3) is 0.833. The SMILES string of the molecule is CCN(C(=O)N1CCSCC1CC(=O)O)C(C)C. The molecule has 0 aromatic carbocycles. The monoisotopic (exact) mass is 274 g/mol. The Hall–Kier alpha value is -0.910. The average Bonchev–Trinajstić information content (AvgIpc) is 2.29. The molecule has 1 aliphatic rings. The smallest absolute Gasteiger partial charge is 0.320 e. The van der Waals surface area contributed by atoms with E-state index in [1.807, 2.05) is 20.8 Å². The normalized spacial score (nSPS) is 20.0. The lowest BCUT2D eigenvalue weighted by Crippen LogP contribution is -2.54. The Morgan fingerprint density at radius 3 is 2.67 bits per heavy atom. The standard InChI is InChI=1S/C12H22N2O3S/c1-4-13(9(2)3)12(17)14-5-6-18-8-10(14)7-11(15)16/h9-10H,4-8H2,1-3H3,(H,15,16). The Labute approximate surface area is 113 Å². The third-order valence-corrected chi connectivity index (χ3v) is 4.18. The van der Waals surface area contributed by atoms with Crippen molar-refractivity contribution in [2.24, 2.45) is 0 Å². The molecule has 0 aromatic rings. The summed E-state index contributed by atoms with van der Waals surface area (Å²) in [6.07, 6.45) is 0.0361. The van der Waals surface area contributed by atoms with Crippen molar-refractivity contribution in [1.29, 1.82) is 0 Å². The summed E-state index contributed by atoms with van der Waals surface area (Å²) in [5.74, 6) is 0.762.